The minimum Gasteiger partial charge on any atom is -0.379 e. The van der Waals surface area contributed by atoms with E-state index in [1.165, 1.54) is 18.5 Å². The van der Waals surface area contributed by atoms with Gasteiger partial charge < -0.3 is 9.64 Å². The summed E-state index contributed by atoms with van der Waals surface area (Å²) in [7, 11) is 0. The summed E-state index contributed by atoms with van der Waals surface area (Å²) in [6.07, 6.45) is 2.34. The van der Waals surface area contributed by atoms with E-state index in [1.54, 1.807) is 4.90 Å². The van der Waals surface area contributed by atoms with Gasteiger partial charge in [-0.25, -0.2) is 13.8 Å². The van der Waals surface area contributed by atoms with Crippen molar-refractivity contribution in [3.05, 3.63) is 47.6 Å². The van der Waals surface area contributed by atoms with Crippen molar-refractivity contribution in [3.63, 3.8) is 0 Å². The number of hydrazone groups is 1. The van der Waals surface area contributed by atoms with E-state index in [1.807, 2.05) is 0 Å². The first-order valence-electron chi connectivity index (χ1n) is 11.5. The van der Waals surface area contributed by atoms with Gasteiger partial charge in [-0.15, -0.1) is 0 Å². The van der Waals surface area contributed by atoms with Crippen LogP contribution >= 0.6 is 0 Å². The van der Waals surface area contributed by atoms with Crippen LogP contribution in [0.15, 0.2) is 40.3 Å². The number of alkyl halides is 3. The Balaban J connectivity index is 1.34. The Morgan fingerprint density at radius 3 is 2.81 bits per heavy atom. The van der Waals surface area contributed by atoms with Crippen LogP contribution < -0.4 is 0 Å². The highest BCUT2D eigenvalue weighted by molar-refractivity contribution is 6.12. The third-order valence-electron chi connectivity index (χ3n) is 7.00. The highest BCUT2D eigenvalue weighted by Gasteiger charge is 2.48. The molecule has 190 valence electrons. The predicted molar refractivity (Wildman–Crippen MR) is 117 cm³/mol. The number of aromatic nitrogens is 2. The quantitative estimate of drug-likeness (QED) is 0.598. The fraction of sp³-hybridized carbons (Fsp3) is 0.478. The summed E-state index contributed by atoms with van der Waals surface area (Å²) in [4.78, 5) is 23.1. The summed E-state index contributed by atoms with van der Waals surface area (Å²) in [5.41, 5.74) is 0.0587. The molecule has 4 aliphatic rings. The molecule has 6 rings (SSSR count). The van der Waals surface area contributed by atoms with E-state index in [0.717, 1.165) is 28.4 Å². The smallest absolute Gasteiger partial charge is 0.379 e. The highest BCUT2D eigenvalue weighted by Crippen LogP contribution is 2.47. The number of hydrogen-bond donors (Lipinski definition) is 0. The number of nitrogens with zero attached hydrogens (tertiary/aromatic N) is 6. The monoisotopic (exact) mass is 508 g/mol. The van der Waals surface area contributed by atoms with E-state index in [0.29, 0.717) is 32.4 Å². The molecule has 0 N–H and O–H groups in total. The predicted octanol–water partition coefficient (Wildman–Crippen LogP) is 2.79. The zero-order valence-corrected chi connectivity index (χ0v) is 18.9. The largest absolute Gasteiger partial charge is 0.407 e. The lowest BCUT2D eigenvalue weighted by Crippen LogP contribution is -2.42. The maximum atomic E-state index is 14.2. The Bertz CT molecular complexity index is 1330. The molecule has 1 spiro atoms. The number of carbonyl (C=O) groups is 1. The van der Waals surface area contributed by atoms with E-state index in [-0.39, 0.29) is 34.1 Å². The Labute approximate surface area is 201 Å². The van der Waals surface area contributed by atoms with Crippen molar-refractivity contribution in [1.29, 1.82) is 0 Å². The minimum absolute atomic E-state index is 0.0350. The standard InChI is InChI=1S/C23H21F5N6O2/c24-13-5-15(25)20-30-8-18(33(20)9-13)19-14-7-29-16(6-17(14)34(31-19)11-23(26,27)28)21(35)32-3-4-36-12-22(10-32)1-2-22/h5-9,14,17H,1-4,10-12H2. The van der Waals surface area contributed by atoms with Crippen LogP contribution in [0, 0.1) is 23.0 Å². The van der Waals surface area contributed by atoms with Crippen molar-refractivity contribution in [2.45, 2.75) is 25.1 Å². The van der Waals surface area contributed by atoms with Crippen LogP contribution in [-0.4, -0.2) is 82.2 Å². The van der Waals surface area contributed by atoms with Crippen LogP contribution in [0.25, 0.3) is 5.65 Å². The van der Waals surface area contributed by atoms with Gasteiger partial charge in [-0.1, -0.05) is 0 Å². The molecule has 2 atom stereocenters. The van der Waals surface area contributed by atoms with Gasteiger partial charge in [0.15, 0.2) is 11.5 Å². The Morgan fingerprint density at radius 1 is 1.25 bits per heavy atom. The maximum Gasteiger partial charge on any atom is 0.407 e. The molecular weight excluding hydrogens is 487 g/mol. The number of rotatable bonds is 3. The SMILES string of the molecule is O=C(C1=CC2C(C=N1)C(c1cnc3c(F)cc(F)cn13)=NN2CC(F)(F)F)N1CCOCC2(CC2)C1. The minimum atomic E-state index is -4.58. The average molecular weight is 508 g/mol. The second kappa shape index (κ2) is 8.08. The molecule has 13 heteroatoms. The Kier molecular flexibility index (Phi) is 5.18. The summed E-state index contributed by atoms with van der Waals surface area (Å²) in [6, 6.07) is -0.288. The Morgan fingerprint density at radius 2 is 2.06 bits per heavy atom. The lowest BCUT2D eigenvalue weighted by molar-refractivity contribution is -0.148. The number of ether oxygens (including phenoxy) is 1. The molecule has 3 aliphatic heterocycles. The molecule has 2 fully saturated rings. The number of imidazole rings is 1. The lowest BCUT2D eigenvalue weighted by atomic mass is 9.92. The number of fused-ring (bicyclic) bond motifs is 2. The molecule has 1 amide bonds. The number of hydrogen-bond acceptors (Lipinski definition) is 6. The van der Waals surface area contributed by atoms with E-state index >= 15 is 0 Å². The number of amides is 1. The molecule has 1 saturated carbocycles. The van der Waals surface area contributed by atoms with Crippen molar-refractivity contribution < 1.29 is 31.5 Å². The summed E-state index contributed by atoms with van der Waals surface area (Å²) in [6.45, 7) is 0.476. The molecule has 2 aromatic rings. The van der Waals surface area contributed by atoms with E-state index in [2.05, 4.69) is 15.1 Å². The fourth-order valence-corrected chi connectivity index (χ4v) is 5.02. The van der Waals surface area contributed by atoms with E-state index < -0.39 is 36.3 Å². The molecule has 0 bridgehead atoms. The van der Waals surface area contributed by atoms with Crippen molar-refractivity contribution in [2.24, 2.45) is 21.4 Å². The van der Waals surface area contributed by atoms with Crippen LogP contribution in [0.3, 0.4) is 0 Å². The molecule has 0 aromatic carbocycles. The molecule has 1 aliphatic carbocycles. The molecule has 0 radical (unpaired) electrons. The fourth-order valence-electron chi connectivity index (χ4n) is 5.02. The van der Waals surface area contributed by atoms with Gasteiger partial charge in [0, 0.05) is 37.0 Å². The molecular formula is C23H21F5N6O2. The molecule has 2 aromatic heterocycles. The molecule has 8 nitrogen and oxygen atoms in total. The first-order chi connectivity index (χ1) is 17.1. The molecule has 36 heavy (non-hydrogen) atoms. The average Bonchev–Trinajstić information content (AvgIpc) is 3.40. The van der Waals surface area contributed by atoms with Crippen molar-refractivity contribution >= 4 is 23.5 Å². The number of carbonyl (C=O) groups excluding carboxylic acids is 1. The van der Waals surface area contributed by atoms with Gasteiger partial charge in [-0.2, -0.15) is 18.3 Å². The van der Waals surface area contributed by atoms with Gasteiger partial charge in [0.2, 0.25) is 0 Å². The van der Waals surface area contributed by atoms with Crippen LogP contribution in [0.1, 0.15) is 18.5 Å². The first-order valence-corrected chi connectivity index (χ1v) is 11.5. The number of pyridine rings is 1. The number of halogens is 5. The second-order valence-corrected chi connectivity index (χ2v) is 9.67. The topological polar surface area (TPSA) is 74.8 Å². The van der Waals surface area contributed by atoms with Gasteiger partial charge in [0.05, 0.1) is 42.8 Å². The Hall–Kier alpha value is -3.35. The number of aliphatic imine (C=N–C) groups is 1. The van der Waals surface area contributed by atoms with Gasteiger partial charge in [0.1, 0.15) is 18.1 Å². The first kappa shape index (κ1) is 23.1. The van der Waals surface area contributed by atoms with Gasteiger partial charge in [0.25, 0.3) is 5.91 Å². The normalized spacial score (nSPS) is 25.1. The van der Waals surface area contributed by atoms with Gasteiger partial charge in [-0.05, 0) is 18.9 Å². The molecule has 2 unspecified atom stereocenters. The van der Waals surface area contributed by atoms with Crippen molar-refractivity contribution in [3.8, 4) is 0 Å². The van der Waals surface area contributed by atoms with Crippen molar-refractivity contribution in [1.82, 2.24) is 19.3 Å². The van der Waals surface area contributed by atoms with Crippen LogP contribution in [0.2, 0.25) is 0 Å². The summed E-state index contributed by atoms with van der Waals surface area (Å²) in [5.74, 6) is -2.94. The molecule has 1 saturated heterocycles. The lowest BCUT2D eigenvalue weighted by Gasteiger charge is -2.29. The summed E-state index contributed by atoms with van der Waals surface area (Å²) < 4.78 is 75.0. The third kappa shape index (κ3) is 4.04. The second-order valence-electron chi connectivity index (χ2n) is 9.67. The van der Waals surface area contributed by atoms with Crippen LogP contribution in [0.5, 0.6) is 0 Å². The molecule has 5 heterocycles. The zero-order valence-electron chi connectivity index (χ0n) is 18.9. The van der Waals surface area contributed by atoms with Gasteiger partial charge >= 0.3 is 6.18 Å². The van der Waals surface area contributed by atoms with Gasteiger partial charge in [-0.3, -0.25) is 19.2 Å². The third-order valence-corrected chi connectivity index (χ3v) is 7.00. The zero-order chi connectivity index (χ0) is 25.2. The highest BCUT2D eigenvalue weighted by atomic mass is 19.4. The summed E-state index contributed by atoms with van der Waals surface area (Å²) in [5, 5.41) is 5.00. The van der Waals surface area contributed by atoms with E-state index in [4.69, 9.17) is 4.74 Å². The van der Waals surface area contributed by atoms with Crippen LogP contribution in [0.4, 0.5) is 22.0 Å². The van der Waals surface area contributed by atoms with Crippen molar-refractivity contribution in [2.75, 3.05) is 32.8 Å². The maximum absolute atomic E-state index is 14.2. The summed E-state index contributed by atoms with van der Waals surface area (Å²) >= 11 is 0. The van der Waals surface area contributed by atoms with E-state index in [9.17, 15) is 26.7 Å². The van der Waals surface area contributed by atoms with Crippen LogP contribution in [-0.2, 0) is 9.53 Å².